The summed E-state index contributed by atoms with van der Waals surface area (Å²) in [5, 5.41) is 4.84. The van der Waals surface area contributed by atoms with Crippen LogP contribution in [0.15, 0.2) is 42.5 Å². The van der Waals surface area contributed by atoms with Crippen LogP contribution in [0.1, 0.15) is 23.2 Å². The van der Waals surface area contributed by atoms with Gasteiger partial charge in [0.1, 0.15) is 0 Å². The molecule has 6 heteroatoms. The molecule has 0 saturated carbocycles. The predicted octanol–water partition coefficient (Wildman–Crippen LogP) is 2.19. The minimum absolute atomic E-state index is 0. The van der Waals surface area contributed by atoms with Crippen molar-refractivity contribution in [3.05, 3.63) is 48.0 Å². The van der Waals surface area contributed by atoms with E-state index in [0.717, 1.165) is 23.6 Å². The number of nitrogens with one attached hydrogen (secondary N) is 1. The van der Waals surface area contributed by atoms with Crippen molar-refractivity contribution in [2.45, 2.75) is 12.8 Å². The number of nitrogens with zero attached hydrogens (tertiary/aromatic N) is 1. The van der Waals surface area contributed by atoms with E-state index in [0.29, 0.717) is 31.7 Å². The molecule has 1 fully saturated rings. The minimum atomic E-state index is -0.149. The van der Waals surface area contributed by atoms with Gasteiger partial charge in [0.25, 0.3) is 5.91 Å². The molecule has 3 N–H and O–H groups in total. The molecule has 1 unspecified atom stereocenters. The van der Waals surface area contributed by atoms with Gasteiger partial charge in [0.2, 0.25) is 5.91 Å². The van der Waals surface area contributed by atoms with Crippen LogP contribution in [-0.2, 0) is 4.79 Å². The van der Waals surface area contributed by atoms with Gasteiger partial charge in [0, 0.05) is 31.7 Å². The maximum absolute atomic E-state index is 13.0. The van der Waals surface area contributed by atoms with Gasteiger partial charge in [0.15, 0.2) is 0 Å². The van der Waals surface area contributed by atoms with Gasteiger partial charge in [0.05, 0.1) is 5.92 Å². The normalized spacial score (nSPS) is 17.0. The number of piperidine rings is 1. The fraction of sp³-hybridized carbons (Fsp3) is 0.368. The number of rotatable bonds is 4. The van der Waals surface area contributed by atoms with E-state index < -0.39 is 0 Å². The Bertz CT molecular complexity index is 745. The number of carbonyl (C=O) groups excluding carboxylic acids is 2. The Morgan fingerprint density at radius 1 is 1.16 bits per heavy atom. The predicted molar refractivity (Wildman–Crippen MR) is 102 cm³/mol. The minimum Gasteiger partial charge on any atom is -0.355 e. The van der Waals surface area contributed by atoms with Crippen LogP contribution in [0.2, 0.25) is 0 Å². The lowest BCUT2D eigenvalue weighted by Gasteiger charge is -2.32. The summed E-state index contributed by atoms with van der Waals surface area (Å²) in [4.78, 5) is 26.9. The molecule has 134 valence electrons. The van der Waals surface area contributed by atoms with Crippen LogP contribution in [0.25, 0.3) is 10.8 Å². The van der Waals surface area contributed by atoms with Crippen molar-refractivity contribution >= 4 is 35.0 Å². The first-order valence-electron chi connectivity index (χ1n) is 8.45. The van der Waals surface area contributed by atoms with Crippen molar-refractivity contribution in [1.29, 1.82) is 0 Å². The molecule has 0 aliphatic carbocycles. The maximum Gasteiger partial charge on any atom is 0.254 e. The lowest BCUT2D eigenvalue weighted by Crippen LogP contribution is -2.46. The van der Waals surface area contributed by atoms with Crippen molar-refractivity contribution < 1.29 is 9.59 Å². The third-order valence-corrected chi connectivity index (χ3v) is 4.54. The van der Waals surface area contributed by atoms with Crippen molar-refractivity contribution in [1.82, 2.24) is 10.2 Å². The van der Waals surface area contributed by atoms with E-state index in [2.05, 4.69) is 5.32 Å². The molecule has 1 saturated heterocycles. The Kier molecular flexibility index (Phi) is 6.79. The molecule has 1 aliphatic heterocycles. The van der Waals surface area contributed by atoms with E-state index in [9.17, 15) is 9.59 Å². The third kappa shape index (κ3) is 4.30. The fourth-order valence-corrected chi connectivity index (χ4v) is 3.30. The summed E-state index contributed by atoms with van der Waals surface area (Å²) < 4.78 is 0. The first-order valence-corrected chi connectivity index (χ1v) is 8.45. The summed E-state index contributed by atoms with van der Waals surface area (Å²) in [6.45, 7) is 2.07. The molecule has 1 heterocycles. The second kappa shape index (κ2) is 8.83. The van der Waals surface area contributed by atoms with Crippen molar-refractivity contribution in [2.75, 3.05) is 26.2 Å². The number of hydrogen-bond acceptors (Lipinski definition) is 3. The molecular weight excluding hydrogens is 338 g/mol. The van der Waals surface area contributed by atoms with E-state index in [4.69, 9.17) is 5.73 Å². The number of carbonyl (C=O) groups is 2. The van der Waals surface area contributed by atoms with Crippen LogP contribution in [0.4, 0.5) is 0 Å². The van der Waals surface area contributed by atoms with Gasteiger partial charge in [-0.15, -0.1) is 12.4 Å². The highest BCUT2D eigenvalue weighted by atomic mass is 35.5. The molecule has 5 nitrogen and oxygen atoms in total. The fourth-order valence-electron chi connectivity index (χ4n) is 3.30. The monoisotopic (exact) mass is 361 g/mol. The zero-order valence-corrected chi connectivity index (χ0v) is 14.9. The van der Waals surface area contributed by atoms with Crippen molar-refractivity contribution in [3.63, 3.8) is 0 Å². The molecule has 2 aromatic rings. The van der Waals surface area contributed by atoms with Crippen LogP contribution in [-0.4, -0.2) is 42.9 Å². The van der Waals surface area contributed by atoms with Crippen molar-refractivity contribution in [3.8, 4) is 0 Å². The summed E-state index contributed by atoms with van der Waals surface area (Å²) >= 11 is 0. The summed E-state index contributed by atoms with van der Waals surface area (Å²) in [5.74, 6) is -0.150. The van der Waals surface area contributed by atoms with Gasteiger partial charge in [-0.3, -0.25) is 9.59 Å². The Balaban J connectivity index is 0.00000225. The van der Waals surface area contributed by atoms with Gasteiger partial charge in [-0.2, -0.15) is 0 Å². The molecule has 1 atom stereocenters. The maximum atomic E-state index is 13.0. The number of halogens is 1. The summed E-state index contributed by atoms with van der Waals surface area (Å²) in [5.41, 5.74) is 6.14. The zero-order chi connectivity index (χ0) is 16.9. The number of amides is 2. The molecular formula is C19H24ClN3O2. The number of fused-ring (bicyclic) bond motifs is 1. The van der Waals surface area contributed by atoms with Crippen molar-refractivity contribution in [2.24, 2.45) is 11.7 Å². The third-order valence-electron chi connectivity index (χ3n) is 4.54. The quantitative estimate of drug-likeness (QED) is 0.876. The lowest BCUT2D eigenvalue weighted by molar-refractivity contribution is -0.126. The number of likely N-dealkylation sites (tertiary alicyclic amines) is 1. The summed E-state index contributed by atoms with van der Waals surface area (Å²) in [7, 11) is 0. The van der Waals surface area contributed by atoms with E-state index >= 15 is 0 Å². The molecule has 25 heavy (non-hydrogen) atoms. The average Bonchev–Trinajstić information content (AvgIpc) is 2.65. The number of nitrogens with two attached hydrogens (primary N) is 1. The van der Waals surface area contributed by atoms with Gasteiger partial charge in [-0.25, -0.2) is 0 Å². The van der Waals surface area contributed by atoms with Gasteiger partial charge in [-0.1, -0.05) is 36.4 Å². The van der Waals surface area contributed by atoms with Gasteiger partial charge >= 0.3 is 0 Å². The zero-order valence-electron chi connectivity index (χ0n) is 14.1. The highest BCUT2D eigenvalue weighted by Crippen LogP contribution is 2.23. The van der Waals surface area contributed by atoms with Crippen LogP contribution >= 0.6 is 12.4 Å². The topological polar surface area (TPSA) is 75.4 Å². The smallest absolute Gasteiger partial charge is 0.254 e. The van der Waals surface area contributed by atoms with Crippen LogP contribution in [0.3, 0.4) is 0 Å². The Morgan fingerprint density at radius 3 is 2.72 bits per heavy atom. The average molecular weight is 362 g/mol. The Hall–Kier alpha value is -2.11. The summed E-state index contributed by atoms with van der Waals surface area (Å²) in [6.07, 6.45) is 1.66. The largest absolute Gasteiger partial charge is 0.355 e. The number of hydrogen-bond donors (Lipinski definition) is 2. The van der Waals surface area contributed by atoms with Crippen LogP contribution < -0.4 is 11.1 Å². The molecule has 0 bridgehead atoms. The first kappa shape index (κ1) is 19.2. The molecule has 2 aromatic carbocycles. The summed E-state index contributed by atoms with van der Waals surface area (Å²) in [6, 6.07) is 13.7. The van der Waals surface area contributed by atoms with E-state index in [1.165, 1.54) is 0 Å². The van der Waals surface area contributed by atoms with Gasteiger partial charge in [-0.05, 0) is 29.7 Å². The van der Waals surface area contributed by atoms with E-state index in [-0.39, 0.29) is 30.1 Å². The van der Waals surface area contributed by atoms with Crippen LogP contribution in [0, 0.1) is 5.92 Å². The Labute approximate surface area is 154 Å². The highest BCUT2D eigenvalue weighted by Gasteiger charge is 2.29. The number of benzene rings is 2. The molecule has 0 aromatic heterocycles. The Morgan fingerprint density at radius 2 is 1.92 bits per heavy atom. The van der Waals surface area contributed by atoms with Gasteiger partial charge < -0.3 is 16.0 Å². The second-order valence-corrected chi connectivity index (χ2v) is 6.20. The highest BCUT2D eigenvalue weighted by molar-refractivity contribution is 6.07. The SMILES string of the molecule is Cl.NCCNC(=O)C1CCCN(C(=O)c2cccc3ccccc23)C1. The standard InChI is InChI=1S/C19H23N3O2.ClH/c20-10-11-21-18(23)15-7-4-12-22(13-15)19(24)17-9-3-6-14-5-1-2-8-16(14)17;/h1-3,5-6,8-9,15H,4,7,10-13,20H2,(H,21,23);1H. The molecule has 2 amide bonds. The molecule has 3 rings (SSSR count). The van der Waals surface area contributed by atoms with Crippen LogP contribution in [0.5, 0.6) is 0 Å². The lowest BCUT2D eigenvalue weighted by atomic mass is 9.95. The van der Waals surface area contributed by atoms with E-state index in [1.807, 2.05) is 42.5 Å². The molecule has 0 spiro atoms. The molecule has 1 aliphatic rings. The van der Waals surface area contributed by atoms with E-state index in [1.54, 1.807) is 4.90 Å². The first-order chi connectivity index (χ1) is 11.7. The molecule has 0 radical (unpaired) electrons. The second-order valence-electron chi connectivity index (χ2n) is 6.20.